The zero-order valence-electron chi connectivity index (χ0n) is 19.8. The van der Waals surface area contributed by atoms with Crippen molar-refractivity contribution in [2.75, 3.05) is 13.2 Å². The van der Waals surface area contributed by atoms with Crippen molar-refractivity contribution in [3.63, 3.8) is 0 Å². The quantitative estimate of drug-likeness (QED) is 0.560. The second-order valence-electron chi connectivity index (χ2n) is 10.1. The molecular formula is C26H34F2N2O3. The van der Waals surface area contributed by atoms with Gasteiger partial charge in [-0.2, -0.15) is 0 Å². The van der Waals surface area contributed by atoms with Crippen molar-refractivity contribution in [2.45, 2.75) is 65.3 Å². The van der Waals surface area contributed by atoms with Crippen LogP contribution in [0.25, 0.3) is 0 Å². The average molecular weight is 461 g/mol. The Bertz CT molecular complexity index is 954. The van der Waals surface area contributed by atoms with Gasteiger partial charge in [-0.05, 0) is 52.6 Å². The van der Waals surface area contributed by atoms with Crippen LogP contribution in [0.2, 0.25) is 0 Å². The lowest BCUT2D eigenvalue weighted by atomic mass is 9.86. The van der Waals surface area contributed by atoms with Gasteiger partial charge in [-0.25, -0.2) is 8.78 Å². The summed E-state index contributed by atoms with van der Waals surface area (Å²) < 4.78 is 32.9. The smallest absolute Gasteiger partial charge is 0.217 e. The lowest BCUT2D eigenvalue weighted by Gasteiger charge is -2.30. The first kappa shape index (κ1) is 25.3. The van der Waals surface area contributed by atoms with Crippen LogP contribution in [0.3, 0.4) is 0 Å². The summed E-state index contributed by atoms with van der Waals surface area (Å²) in [6.45, 7) is 9.15. The largest absolute Gasteiger partial charge is 0.390 e. The van der Waals surface area contributed by atoms with E-state index in [1.165, 1.54) is 24.6 Å². The van der Waals surface area contributed by atoms with E-state index in [1.54, 1.807) is 0 Å². The summed E-state index contributed by atoms with van der Waals surface area (Å²) in [7, 11) is 0. The van der Waals surface area contributed by atoms with Gasteiger partial charge in [0.15, 0.2) is 0 Å². The summed E-state index contributed by atoms with van der Waals surface area (Å²) in [6, 6.07) is 8.84. The van der Waals surface area contributed by atoms with Crippen molar-refractivity contribution in [2.24, 2.45) is 5.41 Å². The van der Waals surface area contributed by atoms with E-state index in [9.17, 15) is 18.7 Å². The summed E-state index contributed by atoms with van der Waals surface area (Å²) >= 11 is 0. The van der Waals surface area contributed by atoms with Crippen LogP contribution in [-0.2, 0) is 29.0 Å². The Morgan fingerprint density at radius 1 is 1.15 bits per heavy atom. The Balaban J connectivity index is 1.70. The Morgan fingerprint density at radius 2 is 1.85 bits per heavy atom. The topological polar surface area (TPSA) is 70.6 Å². The fourth-order valence-corrected chi connectivity index (χ4v) is 4.30. The molecule has 0 saturated heterocycles. The van der Waals surface area contributed by atoms with Crippen LogP contribution in [0, 0.1) is 17.0 Å². The van der Waals surface area contributed by atoms with Crippen molar-refractivity contribution in [3.05, 3.63) is 70.3 Å². The standard InChI is InChI=1S/C26H34F2N2O3/c1-16(31)30-23(10-18-7-20(27)11-21(28)8-18)25(32)13-29-24-15-33-14-19-6-5-17(9-22(19)24)12-26(2,3)4/h5-9,11,23-25,29,32H,10,12-15H2,1-4H3,(H,30,31)/t23-,24?,25-/m0/s1. The number of amides is 1. The number of carbonyl (C=O) groups excluding carboxylic acids is 1. The maximum atomic E-state index is 13.6. The predicted molar refractivity (Wildman–Crippen MR) is 124 cm³/mol. The van der Waals surface area contributed by atoms with Crippen LogP contribution in [-0.4, -0.2) is 36.3 Å². The monoisotopic (exact) mass is 460 g/mol. The molecule has 1 unspecified atom stereocenters. The molecule has 3 atom stereocenters. The fourth-order valence-electron chi connectivity index (χ4n) is 4.30. The van der Waals surface area contributed by atoms with Gasteiger partial charge in [0.05, 0.1) is 31.4 Å². The third-order valence-electron chi connectivity index (χ3n) is 5.67. The van der Waals surface area contributed by atoms with E-state index in [4.69, 9.17) is 4.74 Å². The second-order valence-corrected chi connectivity index (χ2v) is 10.1. The Morgan fingerprint density at radius 3 is 2.48 bits per heavy atom. The van der Waals surface area contributed by atoms with E-state index in [0.717, 1.165) is 23.6 Å². The molecule has 0 bridgehead atoms. The third kappa shape index (κ3) is 7.59. The van der Waals surface area contributed by atoms with Gasteiger partial charge in [-0.1, -0.05) is 39.0 Å². The predicted octanol–water partition coefficient (Wildman–Crippen LogP) is 3.82. The molecule has 0 aromatic heterocycles. The number of hydrogen-bond acceptors (Lipinski definition) is 4. The van der Waals surface area contributed by atoms with E-state index < -0.39 is 23.8 Å². The molecule has 3 rings (SSSR count). The number of aliphatic hydroxyl groups is 1. The number of nitrogens with one attached hydrogen (secondary N) is 2. The lowest BCUT2D eigenvalue weighted by molar-refractivity contribution is -0.120. The highest BCUT2D eigenvalue weighted by atomic mass is 19.1. The van der Waals surface area contributed by atoms with Crippen molar-refractivity contribution in [1.29, 1.82) is 0 Å². The highest BCUT2D eigenvalue weighted by molar-refractivity contribution is 5.73. The van der Waals surface area contributed by atoms with E-state index in [0.29, 0.717) is 18.8 Å². The maximum absolute atomic E-state index is 13.6. The van der Waals surface area contributed by atoms with Crippen molar-refractivity contribution in [1.82, 2.24) is 10.6 Å². The zero-order valence-corrected chi connectivity index (χ0v) is 19.8. The molecule has 0 fully saturated rings. The molecule has 1 aliphatic heterocycles. The molecule has 0 saturated carbocycles. The fraction of sp³-hybridized carbons (Fsp3) is 0.500. The van der Waals surface area contributed by atoms with Gasteiger partial charge in [0.25, 0.3) is 0 Å². The van der Waals surface area contributed by atoms with Crippen LogP contribution in [0.4, 0.5) is 8.78 Å². The molecule has 1 heterocycles. The number of benzene rings is 2. The summed E-state index contributed by atoms with van der Waals surface area (Å²) in [4.78, 5) is 11.7. The highest BCUT2D eigenvalue weighted by Crippen LogP contribution is 2.29. The molecule has 33 heavy (non-hydrogen) atoms. The molecule has 2 aromatic carbocycles. The van der Waals surface area contributed by atoms with Crippen LogP contribution in [0.15, 0.2) is 36.4 Å². The molecule has 2 aromatic rings. The Kier molecular flexibility index (Phi) is 8.21. The van der Waals surface area contributed by atoms with E-state index >= 15 is 0 Å². The SMILES string of the molecule is CC(=O)N[C@@H](Cc1cc(F)cc(F)c1)[C@@H](O)CNC1COCc2ccc(CC(C)(C)C)cc21. The minimum atomic E-state index is -0.969. The van der Waals surface area contributed by atoms with Crippen LogP contribution in [0.5, 0.6) is 0 Å². The molecular weight excluding hydrogens is 426 g/mol. The zero-order chi connectivity index (χ0) is 24.2. The van der Waals surface area contributed by atoms with Crippen molar-refractivity contribution >= 4 is 5.91 Å². The molecule has 5 nitrogen and oxygen atoms in total. The minimum Gasteiger partial charge on any atom is -0.390 e. The van der Waals surface area contributed by atoms with E-state index in [2.05, 4.69) is 49.6 Å². The summed E-state index contributed by atoms with van der Waals surface area (Å²) in [6.07, 6.45) is 0.0824. The van der Waals surface area contributed by atoms with Gasteiger partial charge in [0.1, 0.15) is 11.6 Å². The number of carbonyl (C=O) groups is 1. The maximum Gasteiger partial charge on any atom is 0.217 e. The van der Waals surface area contributed by atoms with Crippen LogP contribution >= 0.6 is 0 Å². The van der Waals surface area contributed by atoms with E-state index in [1.807, 2.05) is 0 Å². The van der Waals surface area contributed by atoms with Crippen LogP contribution < -0.4 is 10.6 Å². The van der Waals surface area contributed by atoms with Gasteiger partial charge in [-0.15, -0.1) is 0 Å². The Hall–Kier alpha value is -2.35. The van der Waals surface area contributed by atoms with Gasteiger partial charge >= 0.3 is 0 Å². The number of fused-ring (bicyclic) bond motifs is 1. The van der Waals surface area contributed by atoms with Gasteiger partial charge in [0.2, 0.25) is 5.91 Å². The first-order chi connectivity index (χ1) is 15.5. The number of ether oxygens (including phenoxy) is 1. The average Bonchev–Trinajstić information content (AvgIpc) is 2.69. The third-order valence-corrected chi connectivity index (χ3v) is 5.67. The van der Waals surface area contributed by atoms with Crippen LogP contribution in [0.1, 0.15) is 56.0 Å². The molecule has 0 spiro atoms. The molecule has 0 aliphatic carbocycles. The number of halogens is 2. The minimum absolute atomic E-state index is 0.102. The lowest BCUT2D eigenvalue weighted by Crippen LogP contribution is -2.49. The summed E-state index contributed by atoms with van der Waals surface area (Å²) in [5.74, 6) is -1.71. The first-order valence-electron chi connectivity index (χ1n) is 11.3. The number of aliphatic hydroxyl groups excluding tert-OH is 1. The molecule has 180 valence electrons. The van der Waals surface area contributed by atoms with Gasteiger partial charge < -0.3 is 20.5 Å². The number of rotatable bonds is 8. The molecule has 7 heteroatoms. The highest BCUT2D eigenvalue weighted by Gasteiger charge is 2.26. The number of hydrogen-bond donors (Lipinski definition) is 3. The first-order valence-corrected chi connectivity index (χ1v) is 11.3. The van der Waals surface area contributed by atoms with Gasteiger partial charge in [0, 0.05) is 19.5 Å². The van der Waals surface area contributed by atoms with E-state index in [-0.39, 0.29) is 30.3 Å². The summed E-state index contributed by atoms with van der Waals surface area (Å²) in [5.41, 5.74) is 4.04. The van der Waals surface area contributed by atoms with Crippen molar-refractivity contribution < 1.29 is 23.4 Å². The van der Waals surface area contributed by atoms with Crippen molar-refractivity contribution in [3.8, 4) is 0 Å². The molecule has 3 N–H and O–H groups in total. The van der Waals surface area contributed by atoms with Gasteiger partial charge in [-0.3, -0.25) is 4.79 Å². The molecule has 0 radical (unpaired) electrons. The Labute approximate surface area is 194 Å². The summed E-state index contributed by atoms with van der Waals surface area (Å²) in [5, 5.41) is 16.9. The normalized spacial score (nSPS) is 17.8. The molecule has 1 aliphatic rings. The molecule has 1 amide bonds. The second kappa shape index (κ2) is 10.7.